The Morgan fingerprint density at radius 3 is 1.31 bits per heavy atom. The van der Waals surface area contributed by atoms with Gasteiger partial charge in [0.25, 0.3) is 0 Å². The largest absolute Gasteiger partial charge is 0.227 e. The zero-order chi connectivity index (χ0) is 28.2. The molecule has 4 aromatic rings. The first-order valence-corrected chi connectivity index (χ1v) is 15.5. The van der Waals surface area contributed by atoms with Gasteiger partial charge in [-0.3, -0.25) is 0 Å². The molecule has 2 nitrogen and oxygen atoms in total. The van der Waals surface area contributed by atoms with Crippen molar-refractivity contribution >= 4 is 77.1 Å². The Hall–Kier alpha value is -2.29. The van der Waals surface area contributed by atoms with Crippen molar-refractivity contribution in [2.45, 2.75) is 10.5 Å². The topological polar surface area (TPSA) is 34.1 Å². The second-order valence-corrected chi connectivity index (χ2v) is 13.4. The second kappa shape index (κ2) is 12.9. The minimum Gasteiger partial charge on any atom is -0.227 e. The Kier molecular flexibility index (Phi) is 9.83. The van der Waals surface area contributed by atoms with Crippen molar-refractivity contribution in [3.8, 4) is 0 Å². The van der Waals surface area contributed by atoms with Crippen molar-refractivity contribution in [2.24, 2.45) is 0 Å². The van der Waals surface area contributed by atoms with Crippen LogP contribution >= 0.6 is 55.1 Å². The zero-order valence-electron chi connectivity index (χ0n) is 20.0. The summed E-state index contributed by atoms with van der Waals surface area (Å²) in [6, 6.07) is 21.8. The van der Waals surface area contributed by atoms with Gasteiger partial charge in [0, 0.05) is 8.95 Å². The lowest BCUT2D eigenvalue weighted by Gasteiger charge is -2.22. The van der Waals surface area contributed by atoms with Gasteiger partial charge in [-0.2, -0.15) is 0 Å². The first kappa shape index (κ1) is 29.7. The van der Waals surface area contributed by atoms with Crippen LogP contribution in [0.5, 0.6) is 0 Å². The first-order valence-electron chi connectivity index (χ1n) is 11.5. The first-order chi connectivity index (χ1) is 18.5. The van der Waals surface area contributed by atoms with Crippen LogP contribution in [0, 0.1) is 11.6 Å². The molecule has 4 rings (SSSR count). The molecule has 0 aliphatic carbocycles. The third kappa shape index (κ3) is 7.47. The zero-order valence-corrected chi connectivity index (χ0v) is 25.5. The average molecular weight is 713 g/mol. The van der Waals surface area contributed by atoms with Gasteiger partial charge in [0.1, 0.15) is 22.1 Å². The SMILES string of the molecule is O=S(=O)(C(/C=C/c1ccc(F)cc1Cl)c1ccc(Br)cc1)C(/C=C/c1ccc(F)cc1Cl)c1ccc(Br)cc1. The highest BCUT2D eigenvalue weighted by atomic mass is 79.9. The Balaban J connectivity index is 1.85. The molecule has 9 heteroatoms. The summed E-state index contributed by atoms with van der Waals surface area (Å²) in [5.41, 5.74) is 2.01. The van der Waals surface area contributed by atoms with E-state index < -0.39 is 32.0 Å². The van der Waals surface area contributed by atoms with Crippen LogP contribution in [-0.2, 0) is 9.84 Å². The van der Waals surface area contributed by atoms with E-state index in [1.165, 1.54) is 36.4 Å². The molecule has 0 saturated heterocycles. The smallest absolute Gasteiger partial charge is 0.171 e. The highest BCUT2D eigenvalue weighted by Gasteiger charge is 2.33. The van der Waals surface area contributed by atoms with Gasteiger partial charge >= 0.3 is 0 Å². The number of sulfone groups is 1. The average Bonchev–Trinajstić information content (AvgIpc) is 2.88. The Labute approximate surface area is 253 Å². The molecule has 200 valence electrons. The van der Waals surface area contributed by atoms with Crippen molar-refractivity contribution in [3.05, 3.63) is 150 Å². The molecule has 2 unspecified atom stereocenters. The summed E-state index contributed by atoms with van der Waals surface area (Å²) in [4.78, 5) is 0. The third-order valence-corrected chi connectivity index (χ3v) is 9.92. The van der Waals surface area contributed by atoms with E-state index in [0.717, 1.165) is 8.95 Å². The maximum Gasteiger partial charge on any atom is 0.171 e. The molecule has 39 heavy (non-hydrogen) atoms. The minimum atomic E-state index is -4.02. The fourth-order valence-electron chi connectivity index (χ4n) is 3.94. The van der Waals surface area contributed by atoms with Crippen LogP contribution in [0.2, 0.25) is 10.0 Å². The van der Waals surface area contributed by atoms with E-state index in [0.29, 0.717) is 22.3 Å². The van der Waals surface area contributed by atoms with Crippen molar-refractivity contribution in [1.29, 1.82) is 0 Å². The second-order valence-electron chi connectivity index (χ2n) is 8.58. The summed E-state index contributed by atoms with van der Waals surface area (Å²) in [5, 5.41) is -1.86. The molecule has 0 aliphatic rings. The van der Waals surface area contributed by atoms with E-state index in [9.17, 15) is 17.2 Å². The monoisotopic (exact) mass is 710 g/mol. The Morgan fingerprint density at radius 1 is 0.615 bits per heavy atom. The maximum absolute atomic E-state index is 14.4. The maximum atomic E-state index is 14.4. The number of rotatable bonds is 8. The predicted molar refractivity (Wildman–Crippen MR) is 164 cm³/mol. The molecule has 0 fully saturated rings. The minimum absolute atomic E-state index is 0.161. The molecule has 0 heterocycles. The molecule has 0 amide bonds. The van der Waals surface area contributed by atoms with Gasteiger partial charge in [-0.05, 0) is 70.8 Å². The summed E-state index contributed by atoms with van der Waals surface area (Å²) in [7, 11) is -4.02. The van der Waals surface area contributed by atoms with Crippen molar-refractivity contribution < 1.29 is 17.2 Å². The van der Waals surface area contributed by atoms with Gasteiger partial charge in [0.15, 0.2) is 9.84 Å². The normalized spacial score (nSPS) is 13.7. The summed E-state index contributed by atoms with van der Waals surface area (Å²) >= 11 is 19.2. The lowest BCUT2D eigenvalue weighted by Crippen LogP contribution is -2.19. The predicted octanol–water partition coefficient (Wildman–Crippen LogP) is 10.4. The molecule has 0 aliphatic heterocycles. The fraction of sp³-hybridized carbons (Fsp3) is 0.0667. The van der Waals surface area contributed by atoms with Gasteiger partial charge < -0.3 is 0 Å². The van der Waals surface area contributed by atoms with Gasteiger partial charge in [0.05, 0.1) is 10.0 Å². The van der Waals surface area contributed by atoms with Crippen LogP contribution in [-0.4, -0.2) is 8.42 Å². The van der Waals surface area contributed by atoms with E-state index in [-0.39, 0.29) is 10.0 Å². The summed E-state index contributed by atoms with van der Waals surface area (Å²) in [5.74, 6) is -0.983. The van der Waals surface area contributed by atoms with Gasteiger partial charge in [-0.15, -0.1) is 0 Å². The molecule has 0 spiro atoms. The van der Waals surface area contributed by atoms with Crippen LogP contribution in [0.25, 0.3) is 12.2 Å². The van der Waals surface area contributed by atoms with Crippen LogP contribution in [0.15, 0.2) is 106 Å². The molecule has 0 saturated carbocycles. The standard InChI is InChI=1S/C30H20Br2Cl2F2O2S/c31-23-9-1-21(2-10-23)29(15-7-19-5-13-25(35)17-27(19)33)39(37,38)30(22-3-11-24(32)12-4-22)16-8-20-6-14-26(36)18-28(20)34/h1-18,29-30H/b15-7+,16-8+. The number of hydrogen-bond donors (Lipinski definition) is 0. The van der Waals surface area contributed by atoms with E-state index in [2.05, 4.69) is 31.9 Å². The van der Waals surface area contributed by atoms with Crippen LogP contribution in [0.1, 0.15) is 32.8 Å². The highest BCUT2D eigenvalue weighted by Crippen LogP contribution is 2.38. The molecular formula is C30H20Br2Cl2F2O2S. The van der Waals surface area contributed by atoms with Gasteiger partial charge in [0.2, 0.25) is 0 Å². The quantitative estimate of drug-likeness (QED) is 0.182. The van der Waals surface area contributed by atoms with E-state index >= 15 is 0 Å². The van der Waals surface area contributed by atoms with Crippen LogP contribution < -0.4 is 0 Å². The molecule has 0 bridgehead atoms. The Bertz CT molecular complexity index is 1520. The molecular weight excluding hydrogens is 693 g/mol. The molecule has 4 aromatic carbocycles. The molecule has 0 N–H and O–H groups in total. The summed E-state index contributed by atoms with van der Waals surface area (Å²) in [6.07, 6.45) is 6.24. The lowest BCUT2D eigenvalue weighted by molar-refractivity contribution is 0.584. The summed E-state index contributed by atoms with van der Waals surface area (Å²) in [6.45, 7) is 0. The highest BCUT2D eigenvalue weighted by molar-refractivity contribution is 9.10. The van der Waals surface area contributed by atoms with Crippen LogP contribution in [0.3, 0.4) is 0 Å². The summed E-state index contributed by atoms with van der Waals surface area (Å²) < 4.78 is 57.6. The lowest BCUT2D eigenvalue weighted by atomic mass is 10.1. The van der Waals surface area contributed by atoms with Crippen molar-refractivity contribution in [3.63, 3.8) is 0 Å². The van der Waals surface area contributed by atoms with Crippen LogP contribution in [0.4, 0.5) is 8.78 Å². The van der Waals surface area contributed by atoms with Gasteiger partial charge in [-0.25, -0.2) is 17.2 Å². The van der Waals surface area contributed by atoms with Gasteiger partial charge in [-0.1, -0.05) is 116 Å². The van der Waals surface area contributed by atoms with Crippen molar-refractivity contribution in [1.82, 2.24) is 0 Å². The number of benzene rings is 4. The molecule has 2 atom stereocenters. The third-order valence-electron chi connectivity index (χ3n) is 5.93. The van der Waals surface area contributed by atoms with E-state index in [4.69, 9.17) is 23.2 Å². The molecule has 0 radical (unpaired) electrons. The van der Waals surface area contributed by atoms with E-state index in [1.807, 2.05) is 0 Å². The fourth-order valence-corrected chi connectivity index (χ4v) is 6.91. The van der Waals surface area contributed by atoms with E-state index in [1.54, 1.807) is 72.8 Å². The molecule has 0 aromatic heterocycles. The number of hydrogen-bond acceptors (Lipinski definition) is 2. The number of halogens is 6. The van der Waals surface area contributed by atoms with Crippen molar-refractivity contribution in [2.75, 3.05) is 0 Å². The Morgan fingerprint density at radius 2 is 0.974 bits per heavy atom.